The van der Waals surface area contributed by atoms with Crippen LogP contribution >= 0.6 is 0 Å². The van der Waals surface area contributed by atoms with Gasteiger partial charge in [-0.15, -0.1) is 0 Å². The number of hydrogen-bond acceptors (Lipinski definition) is 5. The highest BCUT2D eigenvalue weighted by Crippen LogP contribution is 2.75. The largest absolute Gasteiger partial charge is 0.469 e. The van der Waals surface area contributed by atoms with E-state index in [0.29, 0.717) is 30.6 Å². The first-order chi connectivity index (χ1) is 21.2. The van der Waals surface area contributed by atoms with Crippen LogP contribution < -0.4 is 0 Å². The molecule has 244 valence electrons. The van der Waals surface area contributed by atoms with Crippen molar-refractivity contribution in [2.75, 3.05) is 13.7 Å². The molecule has 0 spiro atoms. The van der Waals surface area contributed by atoms with Gasteiger partial charge in [0.05, 0.1) is 12.5 Å². The van der Waals surface area contributed by atoms with Gasteiger partial charge in [-0.1, -0.05) is 83.5 Å². The number of rotatable bonds is 5. The second-order valence-corrected chi connectivity index (χ2v) is 17.1. The van der Waals surface area contributed by atoms with Crippen LogP contribution in [-0.2, 0) is 23.9 Å². The molecule has 1 unspecified atom stereocenters. The third kappa shape index (κ3) is 4.80. The zero-order chi connectivity index (χ0) is 32.5. The molecule has 7 atom stereocenters. The number of methoxy groups -OCH3 is 1. The summed E-state index contributed by atoms with van der Waals surface area (Å²) in [6.45, 7) is 14.3. The van der Waals surface area contributed by atoms with Gasteiger partial charge in [0, 0.05) is 23.3 Å². The van der Waals surface area contributed by atoms with Crippen molar-refractivity contribution >= 4 is 23.8 Å². The molecule has 5 nitrogen and oxygen atoms in total. The standard InChI is InChI=1S/C40H54O5/c1-35(2)21-22-39(34(43)44-7)23-24-40(26-45-33(42)16-13-27-11-9-8-10-12-27)28(29(39)25-35)14-15-31-37(5)19-18-32(41)36(3,4)30(37)17-20-38(31,40)6/h8-14,16,29-31H,15,17-26H2,1-7H3/b16-13+/t29-,30?,31+,37-,38+,39-,40-/m0/s1. The smallest absolute Gasteiger partial charge is 0.330 e. The van der Waals surface area contributed by atoms with Crippen molar-refractivity contribution in [1.29, 1.82) is 0 Å². The highest BCUT2D eigenvalue weighted by molar-refractivity contribution is 5.87. The Morgan fingerprint density at radius 3 is 2.33 bits per heavy atom. The van der Waals surface area contributed by atoms with Gasteiger partial charge in [-0.25, -0.2) is 4.79 Å². The number of Topliss-reactive ketones (excluding diaryl/α,β-unsaturated/α-hetero) is 1. The lowest BCUT2D eigenvalue weighted by Crippen LogP contribution is -2.66. The Balaban J connectivity index is 1.43. The molecule has 6 rings (SSSR count). The van der Waals surface area contributed by atoms with Gasteiger partial charge < -0.3 is 9.47 Å². The molecule has 4 saturated carbocycles. The first kappa shape index (κ1) is 32.3. The van der Waals surface area contributed by atoms with E-state index < -0.39 is 5.41 Å². The molecule has 0 aliphatic heterocycles. The van der Waals surface area contributed by atoms with Crippen LogP contribution in [0.2, 0.25) is 0 Å². The molecule has 5 aliphatic carbocycles. The monoisotopic (exact) mass is 614 g/mol. The molecular formula is C40H54O5. The van der Waals surface area contributed by atoms with Crippen LogP contribution in [-0.4, -0.2) is 31.4 Å². The van der Waals surface area contributed by atoms with Crippen molar-refractivity contribution < 1.29 is 23.9 Å². The molecule has 0 heterocycles. The van der Waals surface area contributed by atoms with Crippen molar-refractivity contribution in [3.05, 3.63) is 53.6 Å². The third-order valence-corrected chi connectivity index (χ3v) is 14.3. The Bertz CT molecular complexity index is 1420. The summed E-state index contributed by atoms with van der Waals surface area (Å²) in [4.78, 5) is 40.3. The number of ether oxygens (including phenoxy) is 2. The Morgan fingerprint density at radius 2 is 1.62 bits per heavy atom. The summed E-state index contributed by atoms with van der Waals surface area (Å²) < 4.78 is 11.9. The summed E-state index contributed by atoms with van der Waals surface area (Å²) in [6.07, 6.45) is 14.7. The van der Waals surface area contributed by atoms with E-state index in [1.165, 1.54) is 12.7 Å². The Hall–Kier alpha value is -2.69. The van der Waals surface area contributed by atoms with Crippen LogP contribution in [0.25, 0.3) is 6.08 Å². The van der Waals surface area contributed by atoms with Gasteiger partial charge in [0.1, 0.15) is 12.4 Å². The molecule has 0 bridgehead atoms. The highest BCUT2D eigenvalue weighted by Gasteiger charge is 2.71. The van der Waals surface area contributed by atoms with Crippen molar-refractivity contribution in [2.45, 2.75) is 106 Å². The van der Waals surface area contributed by atoms with Crippen molar-refractivity contribution in [2.24, 2.45) is 50.2 Å². The summed E-state index contributed by atoms with van der Waals surface area (Å²) in [6, 6.07) is 9.84. The van der Waals surface area contributed by atoms with E-state index in [-0.39, 0.29) is 44.9 Å². The van der Waals surface area contributed by atoms with E-state index in [2.05, 4.69) is 47.6 Å². The zero-order valence-corrected chi connectivity index (χ0v) is 28.7. The number of carbonyl (C=O) groups excluding carboxylic acids is 3. The predicted octanol–water partition coefficient (Wildman–Crippen LogP) is 8.77. The maximum Gasteiger partial charge on any atom is 0.330 e. The minimum Gasteiger partial charge on any atom is -0.469 e. The van der Waals surface area contributed by atoms with Gasteiger partial charge in [0.2, 0.25) is 0 Å². The van der Waals surface area contributed by atoms with E-state index in [1.807, 2.05) is 36.4 Å². The van der Waals surface area contributed by atoms with E-state index >= 15 is 0 Å². The maximum atomic E-state index is 13.7. The first-order valence-electron chi connectivity index (χ1n) is 17.4. The first-order valence-corrected chi connectivity index (χ1v) is 17.4. The lowest BCUT2D eigenvalue weighted by molar-refractivity contribution is -0.203. The normalized spacial score (nSPS) is 39.8. The molecule has 0 radical (unpaired) electrons. The van der Waals surface area contributed by atoms with Gasteiger partial charge in [-0.05, 0) is 103 Å². The molecule has 0 N–H and O–H groups in total. The minimum atomic E-state index is -0.527. The maximum absolute atomic E-state index is 13.7. The molecule has 0 aromatic heterocycles. The quantitative estimate of drug-likeness (QED) is 0.188. The predicted molar refractivity (Wildman–Crippen MR) is 177 cm³/mol. The van der Waals surface area contributed by atoms with Gasteiger partial charge in [-0.2, -0.15) is 0 Å². The molecule has 5 heteroatoms. The summed E-state index contributed by atoms with van der Waals surface area (Å²) in [5.41, 5.74) is 1.06. The van der Waals surface area contributed by atoms with Gasteiger partial charge in [0.25, 0.3) is 0 Å². The number of ketones is 1. The Morgan fingerprint density at radius 1 is 0.911 bits per heavy atom. The minimum absolute atomic E-state index is 0.0133. The van der Waals surface area contributed by atoms with E-state index in [4.69, 9.17) is 9.47 Å². The van der Waals surface area contributed by atoms with Crippen LogP contribution in [0.5, 0.6) is 0 Å². The SMILES string of the molecule is COC(=O)[C@]12CCC(C)(C)C[C@H]1C1=CC[C@@H]3[C@@]4(C)CCC(=O)C(C)(C)C4CC[C@@]3(C)[C@]1(COC(=O)/C=C/c1ccccc1)CC2. The third-order valence-electron chi connectivity index (χ3n) is 14.3. The highest BCUT2D eigenvalue weighted by atomic mass is 16.5. The second-order valence-electron chi connectivity index (χ2n) is 17.1. The lowest BCUT2D eigenvalue weighted by atomic mass is 9.33. The van der Waals surface area contributed by atoms with E-state index in [9.17, 15) is 14.4 Å². The van der Waals surface area contributed by atoms with Crippen molar-refractivity contribution in [1.82, 2.24) is 0 Å². The van der Waals surface area contributed by atoms with Crippen LogP contribution in [0.4, 0.5) is 0 Å². The molecule has 5 aliphatic rings. The topological polar surface area (TPSA) is 69.7 Å². The van der Waals surface area contributed by atoms with Crippen molar-refractivity contribution in [3.63, 3.8) is 0 Å². The fourth-order valence-corrected chi connectivity index (χ4v) is 11.7. The molecule has 0 amide bonds. The number of hydrogen-bond donors (Lipinski definition) is 0. The summed E-state index contributed by atoms with van der Waals surface area (Å²) in [5.74, 6) is 0.764. The summed E-state index contributed by atoms with van der Waals surface area (Å²) in [5, 5.41) is 0. The van der Waals surface area contributed by atoms with Gasteiger partial charge >= 0.3 is 11.9 Å². The fourth-order valence-electron chi connectivity index (χ4n) is 11.7. The fraction of sp³-hybridized carbons (Fsp3) is 0.675. The summed E-state index contributed by atoms with van der Waals surface area (Å²) in [7, 11) is 1.54. The number of benzene rings is 1. The van der Waals surface area contributed by atoms with E-state index in [1.54, 1.807) is 6.08 Å². The van der Waals surface area contributed by atoms with Crippen LogP contribution in [0.3, 0.4) is 0 Å². The zero-order valence-electron chi connectivity index (χ0n) is 28.7. The second kappa shape index (κ2) is 10.9. The Labute approximate surface area is 270 Å². The average Bonchev–Trinajstić information content (AvgIpc) is 3.00. The Kier molecular flexibility index (Phi) is 7.85. The molecule has 4 fully saturated rings. The number of esters is 2. The van der Waals surface area contributed by atoms with Gasteiger partial charge in [0.15, 0.2) is 0 Å². The van der Waals surface area contributed by atoms with Crippen molar-refractivity contribution in [3.8, 4) is 0 Å². The molecule has 1 aromatic carbocycles. The van der Waals surface area contributed by atoms with Crippen LogP contribution in [0, 0.1) is 50.2 Å². The lowest BCUT2D eigenvalue weighted by Gasteiger charge is -2.70. The number of fused-ring (bicyclic) bond motifs is 7. The molecule has 0 saturated heterocycles. The average molecular weight is 615 g/mol. The van der Waals surface area contributed by atoms with E-state index in [0.717, 1.165) is 63.4 Å². The van der Waals surface area contributed by atoms with Gasteiger partial charge in [-0.3, -0.25) is 9.59 Å². The van der Waals surface area contributed by atoms with Crippen LogP contribution in [0.1, 0.15) is 111 Å². The molecular weight excluding hydrogens is 560 g/mol. The number of carbonyl (C=O) groups is 3. The van der Waals surface area contributed by atoms with Crippen LogP contribution in [0.15, 0.2) is 48.1 Å². The molecule has 45 heavy (non-hydrogen) atoms. The summed E-state index contributed by atoms with van der Waals surface area (Å²) >= 11 is 0. The molecule has 1 aromatic rings. The number of allylic oxidation sites excluding steroid dienone is 1.